The maximum Gasteiger partial charge on any atom is 0.416 e. The first-order valence-electron chi connectivity index (χ1n) is 11.6. The van der Waals surface area contributed by atoms with Gasteiger partial charge in [0.1, 0.15) is 5.82 Å². The second-order valence-corrected chi connectivity index (χ2v) is 9.00. The highest BCUT2D eigenvalue weighted by atomic mass is 19.4. The minimum absolute atomic E-state index is 0.572. The van der Waals surface area contributed by atoms with E-state index in [4.69, 9.17) is 9.97 Å². The van der Waals surface area contributed by atoms with Crippen molar-refractivity contribution in [1.29, 1.82) is 0 Å². The monoisotopic (exact) mass is 476 g/mol. The Morgan fingerprint density at radius 1 is 1.00 bits per heavy atom. The van der Waals surface area contributed by atoms with Crippen molar-refractivity contribution in [2.24, 2.45) is 0 Å². The van der Waals surface area contributed by atoms with Crippen LogP contribution in [0.25, 0.3) is 16.5 Å². The van der Waals surface area contributed by atoms with Crippen LogP contribution >= 0.6 is 0 Å². The van der Waals surface area contributed by atoms with Crippen molar-refractivity contribution < 1.29 is 13.2 Å². The van der Waals surface area contributed by atoms with Crippen molar-refractivity contribution in [2.75, 3.05) is 23.3 Å². The molecule has 6 rings (SSSR count). The van der Waals surface area contributed by atoms with E-state index in [0.717, 1.165) is 45.7 Å². The third kappa shape index (κ3) is 4.45. The molecular weight excluding hydrogens is 453 g/mol. The van der Waals surface area contributed by atoms with E-state index >= 15 is 0 Å². The van der Waals surface area contributed by atoms with Crippen LogP contribution in [-0.2, 0) is 6.18 Å². The first-order valence-corrected chi connectivity index (χ1v) is 11.6. The number of rotatable bonds is 5. The normalized spacial score (nSPS) is 16.4. The van der Waals surface area contributed by atoms with Crippen molar-refractivity contribution in [3.63, 3.8) is 0 Å². The molecule has 2 aliphatic rings. The Labute approximate surface area is 199 Å². The first-order chi connectivity index (χ1) is 16.9. The fourth-order valence-corrected chi connectivity index (χ4v) is 4.41. The average molecular weight is 477 g/mol. The third-order valence-electron chi connectivity index (χ3n) is 6.53. The summed E-state index contributed by atoms with van der Waals surface area (Å²) in [5, 5.41) is 11.8. The van der Waals surface area contributed by atoms with Gasteiger partial charge in [-0.1, -0.05) is 30.3 Å². The molecule has 2 aromatic heterocycles. The molecule has 9 heteroatoms. The molecule has 178 valence electrons. The number of alkyl halides is 3. The lowest BCUT2D eigenvalue weighted by molar-refractivity contribution is -0.137. The van der Waals surface area contributed by atoms with Gasteiger partial charge in [-0.2, -0.15) is 23.3 Å². The summed E-state index contributed by atoms with van der Waals surface area (Å²) in [7, 11) is 0. The van der Waals surface area contributed by atoms with Gasteiger partial charge in [0, 0.05) is 36.2 Å². The Morgan fingerprint density at radius 3 is 2.51 bits per heavy atom. The summed E-state index contributed by atoms with van der Waals surface area (Å²) in [5.74, 6) is 2.60. The number of para-hydroxylation sites is 1. The van der Waals surface area contributed by atoms with E-state index in [1.54, 1.807) is 12.1 Å². The van der Waals surface area contributed by atoms with E-state index < -0.39 is 11.7 Å². The maximum atomic E-state index is 12.9. The van der Waals surface area contributed by atoms with Gasteiger partial charge in [0.25, 0.3) is 0 Å². The summed E-state index contributed by atoms with van der Waals surface area (Å²) >= 11 is 0. The van der Waals surface area contributed by atoms with Gasteiger partial charge in [-0.25, -0.2) is 4.98 Å². The number of nitrogens with zero attached hydrogens (tertiary/aromatic N) is 4. The molecule has 2 N–H and O–H groups in total. The predicted molar refractivity (Wildman–Crippen MR) is 130 cm³/mol. The van der Waals surface area contributed by atoms with E-state index in [9.17, 15) is 13.2 Å². The summed E-state index contributed by atoms with van der Waals surface area (Å²) in [5.41, 5.74) is 3.17. The van der Waals surface area contributed by atoms with Gasteiger partial charge in [0.2, 0.25) is 5.95 Å². The second-order valence-electron chi connectivity index (χ2n) is 9.00. The smallest absolute Gasteiger partial charge is 0.337 e. The van der Waals surface area contributed by atoms with Crippen LogP contribution < -0.4 is 10.2 Å². The third-order valence-corrected chi connectivity index (χ3v) is 6.53. The van der Waals surface area contributed by atoms with Crippen molar-refractivity contribution in [3.8, 4) is 0 Å². The van der Waals surface area contributed by atoms with Crippen LogP contribution in [0.15, 0.2) is 60.7 Å². The number of benzene rings is 2. The molecule has 1 fully saturated rings. The number of H-pyrrole nitrogens is 1. The Balaban J connectivity index is 1.25. The number of hydrogen-bond acceptors (Lipinski definition) is 5. The number of aromatic nitrogens is 4. The van der Waals surface area contributed by atoms with Crippen molar-refractivity contribution >= 4 is 34.1 Å². The van der Waals surface area contributed by atoms with Gasteiger partial charge >= 0.3 is 6.18 Å². The van der Waals surface area contributed by atoms with Gasteiger partial charge in [0.15, 0.2) is 5.82 Å². The zero-order chi connectivity index (χ0) is 24.0. The molecule has 0 bridgehead atoms. The molecule has 1 aliphatic heterocycles. The van der Waals surface area contributed by atoms with Crippen LogP contribution in [0.3, 0.4) is 0 Å². The summed E-state index contributed by atoms with van der Waals surface area (Å²) in [6.45, 7) is 1.24. The number of halogens is 3. The largest absolute Gasteiger partial charge is 0.416 e. The number of aromatic amines is 1. The molecule has 4 aromatic rings. The molecule has 0 atom stereocenters. The maximum absolute atomic E-state index is 12.9. The number of nitrogens with one attached hydrogen (secondary N) is 2. The Morgan fingerprint density at radius 2 is 1.80 bits per heavy atom. The molecule has 6 nitrogen and oxygen atoms in total. The van der Waals surface area contributed by atoms with Crippen molar-refractivity contribution in [3.05, 3.63) is 77.5 Å². The molecular formula is C26H23F3N6. The molecule has 1 aliphatic carbocycles. The molecule has 0 radical (unpaired) electrons. The van der Waals surface area contributed by atoms with Gasteiger partial charge in [-0.3, -0.25) is 5.10 Å². The molecule has 0 spiro atoms. The highest BCUT2D eigenvalue weighted by molar-refractivity contribution is 5.91. The van der Waals surface area contributed by atoms with E-state index in [-0.39, 0.29) is 0 Å². The van der Waals surface area contributed by atoms with E-state index in [1.165, 1.54) is 12.8 Å². The van der Waals surface area contributed by atoms with Gasteiger partial charge in [0.05, 0.1) is 11.1 Å². The molecule has 3 heterocycles. The average Bonchev–Trinajstić information content (AvgIpc) is 3.62. The molecule has 0 saturated heterocycles. The van der Waals surface area contributed by atoms with Crippen LogP contribution in [-0.4, -0.2) is 33.3 Å². The Hall–Kier alpha value is -3.88. The predicted octanol–water partition coefficient (Wildman–Crippen LogP) is 6.29. The quantitative estimate of drug-likeness (QED) is 0.354. The van der Waals surface area contributed by atoms with Crippen molar-refractivity contribution in [1.82, 2.24) is 20.2 Å². The Bertz CT molecular complexity index is 1400. The van der Waals surface area contributed by atoms with Crippen LogP contribution in [0.4, 0.5) is 30.8 Å². The molecule has 0 unspecified atom stereocenters. The zero-order valence-corrected chi connectivity index (χ0v) is 18.8. The summed E-state index contributed by atoms with van der Waals surface area (Å²) in [6, 6.07) is 15.2. The summed E-state index contributed by atoms with van der Waals surface area (Å²) < 4.78 is 38.6. The fraction of sp³-hybridized carbons (Fsp3) is 0.269. The van der Waals surface area contributed by atoms with Gasteiger partial charge < -0.3 is 10.2 Å². The Kier molecular flexibility index (Phi) is 5.20. The molecule has 1 saturated carbocycles. The van der Waals surface area contributed by atoms with E-state index in [1.807, 2.05) is 36.4 Å². The lowest BCUT2D eigenvalue weighted by Gasteiger charge is -2.27. The first kappa shape index (κ1) is 21.6. The van der Waals surface area contributed by atoms with Gasteiger partial charge in [-0.05, 0) is 54.7 Å². The standard InChI is InChI=1S/C26H23F3N6/c27-26(28,29)19-9-7-16(8-10-19)17-11-13-35(14-12-17)25-30-21-4-2-1-3-20(21)24(32-25)31-23-15-22(33-34-23)18-5-6-18/h1-4,7-11,15,18H,5-6,12-14H2,(H2,30,31,32,33,34). The van der Waals surface area contributed by atoms with Crippen molar-refractivity contribution in [2.45, 2.75) is 31.4 Å². The highest BCUT2D eigenvalue weighted by Crippen LogP contribution is 2.40. The minimum Gasteiger partial charge on any atom is -0.337 e. The number of anilines is 3. The SMILES string of the molecule is FC(F)(F)c1ccc(C2=CCN(c3nc(Nc4cc(C5CC5)[nH]n4)c4ccccc4n3)CC2)cc1. The fourth-order valence-electron chi connectivity index (χ4n) is 4.41. The van der Waals surface area contributed by atoms with E-state index in [0.29, 0.717) is 37.2 Å². The zero-order valence-electron chi connectivity index (χ0n) is 18.8. The lowest BCUT2D eigenvalue weighted by atomic mass is 9.98. The van der Waals surface area contributed by atoms with Crippen LogP contribution in [0.1, 0.15) is 42.0 Å². The summed E-state index contributed by atoms with van der Waals surface area (Å²) in [6.07, 6.45) is 0.783. The lowest BCUT2D eigenvalue weighted by Crippen LogP contribution is -2.30. The number of fused-ring (bicyclic) bond motifs is 1. The van der Waals surface area contributed by atoms with Crippen LogP contribution in [0, 0.1) is 0 Å². The minimum atomic E-state index is -4.33. The highest BCUT2D eigenvalue weighted by Gasteiger charge is 2.30. The topological polar surface area (TPSA) is 69.7 Å². The molecule has 2 aromatic carbocycles. The number of hydrogen-bond donors (Lipinski definition) is 2. The van der Waals surface area contributed by atoms with E-state index in [2.05, 4.69) is 20.4 Å². The van der Waals surface area contributed by atoms with Gasteiger partial charge in [-0.15, -0.1) is 0 Å². The second kappa shape index (κ2) is 8.41. The summed E-state index contributed by atoms with van der Waals surface area (Å²) in [4.78, 5) is 11.7. The molecule has 0 amide bonds. The van der Waals surface area contributed by atoms with Crippen LogP contribution in [0.5, 0.6) is 0 Å². The van der Waals surface area contributed by atoms with Crippen LogP contribution in [0.2, 0.25) is 0 Å². The molecule has 35 heavy (non-hydrogen) atoms.